The third kappa shape index (κ3) is 4.04. The van der Waals surface area contributed by atoms with Crippen LogP contribution < -0.4 is 4.90 Å². The standard InChI is InChI=1S/C19H28N6O/c26-11-10-25-9-5-18(22-25)17-4-3-6-23(15-17)14-16-12-20-19(21-13-16)24-7-1-2-8-24/h5,9,12-13,17,26H,1-4,6-8,10-11,14-15H2. The fraction of sp³-hybridized carbons (Fsp3) is 0.632. The minimum Gasteiger partial charge on any atom is -0.394 e. The third-order valence-corrected chi connectivity index (χ3v) is 5.40. The average Bonchev–Trinajstić information content (AvgIpc) is 3.35. The number of nitrogens with zero attached hydrogens (tertiary/aromatic N) is 6. The van der Waals surface area contributed by atoms with Gasteiger partial charge in [0.25, 0.3) is 0 Å². The molecule has 0 bridgehead atoms. The number of hydrogen-bond acceptors (Lipinski definition) is 6. The van der Waals surface area contributed by atoms with Crippen molar-refractivity contribution in [2.45, 2.75) is 44.7 Å². The van der Waals surface area contributed by atoms with Crippen LogP contribution in [0.5, 0.6) is 0 Å². The minimum atomic E-state index is 0.130. The Balaban J connectivity index is 1.35. The molecule has 1 unspecified atom stereocenters. The van der Waals surface area contributed by atoms with Crippen LogP contribution in [0.3, 0.4) is 0 Å². The van der Waals surface area contributed by atoms with E-state index in [1.54, 1.807) is 0 Å². The van der Waals surface area contributed by atoms with Gasteiger partial charge in [-0.25, -0.2) is 9.97 Å². The number of rotatable bonds is 6. The molecular weight excluding hydrogens is 328 g/mol. The Morgan fingerprint density at radius 3 is 2.65 bits per heavy atom. The van der Waals surface area contributed by atoms with E-state index in [0.29, 0.717) is 12.5 Å². The van der Waals surface area contributed by atoms with Gasteiger partial charge in [-0.2, -0.15) is 5.10 Å². The number of aliphatic hydroxyl groups is 1. The number of hydrogen-bond donors (Lipinski definition) is 1. The van der Waals surface area contributed by atoms with Crippen LogP contribution in [0, 0.1) is 0 Å². The number of aliphatic hydroxyl groups excluding tert-OH is 1. The summed E-state index contributed by atoms with van der Waals surface area (Å²) in [6.45, 7) is 5.88. The molecule has 2 saturated heterocycles. The van der Waals surface area contributed by atoms with Crippen molar-refractivity contribution in [3.8, 4) is 0 Å². The molecule has 0 aliphatic carbocycles. The Hall–Kier alpha value is -1.99. The quantitative estimate of drug-likeness (QED) is 0.849. The van der Waals surface area contributed by atoms with Crippen molar-refractivity contribution in [3.05, 3.63) is 35.9 Å². The van der Waals surface area contributed by atoms with Gasteiger partial charge in [0, 0.05) is 56.3 Å². The lowest BCUT2D eigenvalue weighted by Gasteiger charge is -2.31. The first-order chi connectivity index (χ1) is 12.8. The van der Waals surface area contributed by atoms with E-state index in [-0.39, 0.29) is 6.61 Å². The Kier molecular flexibility index (Phi) is 5.45. The molecule has 26 heavy (non-hydrogen) atoms. The Labute approximate surface area is 154 Å². The number of aromatic nitrogens is 4. The van der Waals surface area contributed by atoms with Gasteiger partial charge < -0.3 is 10.0 Å². The van der Waals surface area contributed by atoms with Crippen molar-refractivity contribution in [1.29, 1.82) is 0 Å². The van der Waals surface area contributed by atoms with E-state index < -0.39 is 0 Å². The molecular formula is C19H28N6O. The molecule has 0 aromatic carbocycles. The number of piperidine rings is 1. The zero-order valence-corrected chi connectivity index (χ0v) is 15.3. The molecule has 4 heterocycles. The van der Waals surface area contributed by atoms with Gasteiger partial charge in [-0.3, -0.25) is 9.58 Å². The second-order valence-corrected chi connectivity index (χ2v) is 7.39. The van der Waals surface area contributed by atoms with Crippen molar-refractivity contribution in [2.24, 2.45) is 0 Å². The molecule has 1 N–H and O–H groups in total. The van der Waals surface area contributed by atoms with Gasteiger partial charge in [-0.15, -0.1) is 0 Å². The topological polar surface area (TPSA) is 70.3 Å². The van der Waals surface area contributed by atoms with E-state index in [4.69, 9.17) is 5.11 Å². The molecule has 2 aliphatic heterocycles. The van der Waals surface area contributed by atoms with Crippen LogP contribution in [0.25, 0.3) is 0 Å². The van der Waals surface area contributed by atoms with E-state index in [1.807, 2.05) is 23.3 Å². The summed E-state index contributed by atoms with van der Waals surface area (Å²) >= 11 is 0. The van der Waals surface area contributed by atoms with Crippen LogP contribution >= 0.6 is 0 Å². The molecule has 0 saturated carbocycles. The lowest BCUT2D eigenvalue weighted by atomic mass is 9.95. The summed E-state index contributed by atoms with van der Waals surface area (Å²) in [6, 6.07) is 2.10. The lowest BCUT2D eigenvalue weighted by Crippen LogP contribution is -2.34. The predicted molar refractivity (Wildman–Crippen MR) is 100 cm³/mol. The average molecular weight is 356 g/mol. The van der Waals surface area contributed by atoms with Gasteiger partial charge >= 0.3 is 0 Å². The normalized spacial score (nSPS) is 21.4. The highest BCUT2D eigenvalue weighted by atomic mass is 16.3. The van der Waals surface area contributed by atoms with Crippen LogP contribution in [0.4, 0.5) is 5.95 Å². The first-order valence-corrected chi connectivity index (χ1v) is 9.74. The van der Waals surface area contributed by atoms with E-state index in [0.717, 1.165) is 44.4 Å². The maximum absolute atomic E-state index is 9.05. The van der Waals surface area contributed by atoms with Gasteiger partial charge in [0.1, 0.15) is 0 Å². The number of anilines is 1. The first kappa shape index (κ1) is 17.4. The molecule has 4 rings (SSSR count). The predicted octanol–water partition coefficient (Wildman–Crippen LogP) is 1.65. The van der Waals surface area contributed by atoms with Gasteiger partial charge in [0.05, 0.1) is 18.8 Å². The summed E-state index contributed by atoms with van der Waals surface area (Å²) in [5.74, 6) is 1.34. The van der Waals surface area contributed by atoms with Crippen LogP contribution in [-0.2, 0) is 13.1 Å². The number of likely N-dealkylation sites (tertiary alicyclic amines) is 1. The van der Waals surface area contributed by atoms with Crippen LogP contribution in [-0.4, -0.2) is 62.5 Å². The Morgan fingerprint density at radius 1 is 1.08 bits per heavy atom. The molecule has 0 radical (unpaired) electrons. The van der Waals surface area contributed by atoms with E-state index in [9.17, 15) is 0 Å². The SMILES string of the molecule is OCCn1ccc(C2CCCN(Cc3cnc(N4CCCC4)nc3)C2)n1. The molecule has 2 aromatic heterocycles. The monoisotopic (exact) mass is 356 g/mol. The fourth-order valence-electron chi connectivity index (χ4n) is 4.03. The van der Waals surface area contributed by atoms with E-state index >= 15 is 0 Å². The largest absolute Gasteiger partial charge is 0.394 e. The summed E-state index contributed by atoms with van der Waals surface area (Å²) in [7, 11) is 0. The highest BCUT2D eigenvalue weighted by Gasteiger charge is 2.23. The molecule has 0 amide bonds. The lowest BCUT2D eigenvalue weighted by molar-refractivity contribution is 0.197. The molecule has 7 heteroatoms. The molecule has 1 atom stereocenters. The van der Waals surface area contributed by atoms with Gasteiger partial charge in [-0.05, 0) is 38.3 Å². The smallest absolute Gasteiger partial charge is 0.225 e. The summed E-state index contributed by atoms with van der Waals surface area (Å²) in [5.41, 5.74) is 2.32. The van der Waals surface area contributed by atoms with Gasteiger partial charge in [-0.1, -0.05) is 0 Å². The van der Waals surface area contributed by atoms with Crippen molar-refractivity contribution in [3.63, 3.8) is 0 Å². The fourth-order valence-corrected chi connectivity index (χ4v) is 4.03. The zero-order valence-electron chi connectivity index (χ0n) is 15.3. The van der Waals surface area contributed by atoms with Gasteiger partial charge in [0.15, 0.2) is 0 Å². The van der Waals surface area contributed by atoms with E-state index in [1.165, 1.54) is 31.2 Å². The highest BCUT2D eigenvalue weighted by Crippen LogP contribution is 2.26. The second-order valence-electron chi connectivity index (χ2n) is 7.39. The molecule has 2 fully saturated rings. The highest BCUT2D eigenvalue weighted by molar-refractivity contribution is 5.31. The molecule has 0 spiro atoms. The van der Waals surface area contributed by atoms with Gasteiger partial charge in [0.2, 0.25) is 5.95 Å². The van der Waals surface area contributed by atoms with Crippen molar-refractivity contribution < 1.29 is 5.11 Å². The van der Waals surface area contributed by atoms with Crippen LogP contribution in [0.1, 0.15) is 42.9 Å². The molecule has 7 nitrogen and oxygen atoms in total. The van der Waals surface area contributed by atoms with Crippen LogP contribution in [0.2, 0.25) is 0 Å². The third-order valence-electron chi connectivity index (χ3n) is 5.40. The maximum atomic E-state index is 9.05. The summed E-state index contributed by atoms with van der Waals surface area (Å²) in [6.07, 6.45) is 10.8. The minimum absolute atomic E-state index is 0.130. The maximum Gasteiger partial charge on any atom is 0.225 e. The molecule has 2 aliphatic rings. The summed E-state index contributed by atoms with van der Waals surface area (Å²) in [5, 5.41) is 13.7. The molecule has 140 valence electrons. The second kappa shape index (κ2) is 8.14. The van der Waals surface area contributed by atoms with Crippen molar-refractivity contribution in [2.75, 3.05) is 37.7 Å². The Bertz CT molecular complexity index is 694. The zero-order chi connectivity index (χ0) is 17.8. The van der Waals surface area contributed by atoms with Crippen molar-refractivity contribution >= 4 is 5.95 Å². The Morgan fingerprint density at radius 2 is 1.88 bits per heavy atom. The van der Waals surface area contributed by atoms with E-state index in [2.05, 4.69) is 30.9 Å². The van der Waals surface area contributed by atoms with Crippen LogP contribution in [0.15, 0.2) is 24.7 Å². The van der Waals surface area contributed by atoms with Crippen molar-refractivity contribution in [1.82, 2.24) is 24.6 Å². The summed E-state index contributed by atoms with van der Waals surface area (Å²) in [4.78, 5) is 13.9. The first-order valence-electron chi connectivity index (χ1n) is 9.74. The molecule has 2 aromatic rings. The summed E-state index contributed by atoms with van der Waals surface area (Å²) < 4.78 is 1.83.